The molecule has 0 aromatic heterocycles. The number of anilines is 2. The summed E-state index contributed by atoms with van der Waals surface area (Å²) in [7, 11) is 0. The van der Waals surface area contributed by atoms with E-state index in [4.69, 9.17) is 11.6 Å². The fourth-order valence-electron chi connectivity index (χ4n) is 3.98. The van der Waals surface area contributed by atoms with Gasteiger partial charge in [-0.05, 0) is 58.8 Å². The number of rotatable bonds is 7. The van der Waals surface area contributed by atoms with E-state index < -0.39 is 5.25 Å². The first-order chi connectivity index (χ1) is 18.1. The topological polar surface area (TPSA) is 58.2 Å². The Morgan fingerprint density at radius 2 is 1.41 bits per heavy atom. The van der Waals surface area contributed by atoms with Gasteiger partial charge in [-0.3, -0.25) is 9.59 Å². The van der Waals surface area contributed by atoms with E-state index in [1.807, 2.05) is 109 Å². The minimum absolute atomic E-state index is 0.185. The summed E-state index contributed by atoms with van der Waals surface area (Å²) in [5.41, 5.74) is 2.66. The minimum atomic E-state index is -0.524. The normalized spacial score (nSPS) is 11.6. The molecule has 37 heavy (non-hydrogen) atoms. The fraction of sp³-hybridized carbons (Fsp3) is 0.0323. The second kappa shape index (κ2) is 11.3. The number of hydrogen-bond acceptors (Lipinski definition) is 3. The van der Waals surface area contributed by atoms with E-state index >= 15 is 0 Å². The summed E-state index contributed by atoms with van der Waals surface area (Å²) >= 11 is 7.68. The molecule has 5 aromatic carbocycles. The molecule has 1 unspecified atom stereocenters. The van der Waals surface area contributed by atoms with E-state index in [0.717, 1.165) is 21.2 Å². The molecule has 5 rings (SSSR count). The Morgan fingerprint density at radius 3 is 2.22 bits per heavy atom. The van der Waals surface area contributed by atoms with Gasteiger partial charge in [0.1, 0.15) is 5.25 Å². The van der Waals surface area contributed by atoms with Crippen molar-refractivity contribution in [3.63, 3.8) is 0 Å². The van der Waals surface area contributed by atoms with Crippen LogP contribution < -0.4 is 10.6 Å². The van der Waals surface area contributed by atoms with Crippen LogP contribution in [0.2, 0.25) is 5.02 Å². The van der Waals surface area contributed by atoms with Crippen molar-refractivity contribution in [1.29, 1.82) is 0 Å². The molecule has 1 atom stereocenters. The summed E-state index contributed by atoms with van der Waals surface area (Å²) in [4.78, 5) is 27.2. The zero-order valence-corrected chi connectivity index (χ0v) is 21.3. The highest BCUT2D eigenvalue weighted by atomic mass is 35.5. The first kappa shape index (κ1) is 24.6. The lowest BCUT2D eigenvalue weighted by atomic mass is 10.1. The number of carbonyl (C=O) groups is 2. The molecule has 0 spiro atoms. The molecule has 0 saturated carbocycles. The molecule has 0 fully saturated rings. The number of thioether (sulfide) groups is 1. The first-order valence-electron chi connectivity index (χ1n) is 11.7. The molecule has 0 radical (unpaired) electrons. The van der Waals surface area contributed by atoms with E-state index in [1.165, 1.54) is 11.8 Å². The third kappa shape index (κ3) is 6.02. The van der Waals surface area contributed by atoms with Crippen LogP contribution in [0.15, 0.2) is 126 Å². The molecule has 2 N–H and O–H groups in total. The highest BCUT2D eigenvalue weighted by Gasteiger charge is 2.23. The molecule has 6 heteroatoms. The molecule has 182 valence electrons. The Balaban J connectivity index is 1.36. The number of hydrogen-bond donors (Lipinski definition) is 2. The predicted molar refractivity (Wildman–Crippen MR) is 153 cm³/mol. The van der Waals surface area contributed by atoms with Crippen molar-refractivity contribution >= 4 is 57.3 Å². The van der Waals surface area contributed by atoms with Gasteiger partial charge in [0.2, 0.25) is 5.91 Å². The van der Waals surface area contributed by atoms with Crippen LogP contribution in [-0.2, 0) is 4.79 Å². The van der Waals surface area contributed by atoms with Crippen LogP contribution in [0.3, 0.4) is 0 Å². The molecular formula is C31H23ClN2O2S. The minimum Gasteiger partial charge on any atom is -0.323 e. The number of halogens is 1. The Labute approximate surface area is 224 Å². The predicted octanol–water partition coefficient (Wildman–Crippen LogP) is 8.22. The summed E-state index contributed by atoms with van der Waals surface area (Å²) in [6.45, 7) is 0. The molecule has 2 amide bonds. The lowest BCUT2D eigenvalue weighted by Gasteiger charge is -2.18. The van der Waals surface area contributed by atoms with Crippen molar-refractivity contribution in [1.82, 2.24) is 0 Å². The van der Waals surface area contributed by atoms with E-state index in [2.05, 4.69) is 10.6 Å². The maximum Gasteiger partial charge on any atom is 0.255 e. The summed E-state index contributed by atoms with van der Waals surface area (Å²) in [6, 6.07) is 37.8. The second-order valence-electron chi connectivity index (χ2n) is 8.42. The standard InChI is InChI=1S/C31H23ClN2O2S/c32-27-15-6-7-16-28(27)34-31(36)29(22-10-2-1-3-11-22)37-26-14-8-13-25(20-26)33-30(35)24-18-17-21-9-4-5-12-23(21)19-24/h1-20,29H,(H,33,35)(H,34,36). The fourth-order valence-corrected chi connectivity index (χ4v) is 5.25. The summed E-state index contributed by atoms with van der Waals surface area (Å²) in [5, 5.41) is 7.98. The van der Waals surface area contributed by atoms with Crippen LogP contribution in [0.4, 0.5) is 11.4 Å². The number of fused-ring (bicyclic) bond motifs is 1. The summed E-state index contributed by atoms with van der Waals surface area (Å²) in [5.74, 6) is -0.376. The van der Waals surface area contributed by atoms with Crippen molar-refractivity contribution in [2.75, 3.05) is 10.6 Å². The first-order valence-corrected chi connectivity index (χ1v) is 13.0. The van der Waals surface area contributed by atoms with Crippen LogP contribution in [0.5, 0.6) is 0 Å². The lowest BCUT2D eigenvalue weighted by molar-refractivity contribution is -0.115. The molecule has 0 bridgehead atoms. The van der Waals surface area contributed by atoms with E-state index in [-0.39, 0.29) is 11.8 Å². The van der Waals surface area contributed by atoms with Gasteiger partial charge in [0.05, 0.1) is 10.7 Å². The smallest absolute Gasteiger partial charge is 0.255 e. The monoisotopic (exact) mass is 522 g/mol. The van der Waals surface area contributed by atoms with Crippen molar-refractivity contribution in [2.24, 2.45) is 0 Å². The van der Waals surface area contributed by atoms with Gasteiger partial charge in [-0.25, -0.2) is 0 Å². The van der Waals surface area contributed by atoms with Crippen LogP contribution in [0, 0.1) is 0 Å². The highest BCUT2D eigenvalue weighted by Crippen LogP contribution is 2.37. The van der Waals surface area contributed by atoms with Crippen LogP contribution >= 0.6 is 23.4 Å². The van der Waals surface area contributed by atoms with Gasteiger partial charge in [-0.1, -0.05) is 90.5 Å². The van der Waals surface area contributed by atoms with E-state index in [9.17, 15) is 9.59 Å². The third-order valence-electron chi connectivity index (χ3n) is 5.83. The molecule has 0 saturated heterocycles. The SMILES string of the molecule is O=C(Nc1cccc(SC(C(=O)Nc2ccccc2Cl)c2ccccc2)c1)c1ccc2ccccc2c1. The van der Waals surface area contributed by atoms with E-state index in [0.29, 0.717) is 22.0 Å². The van der Waals surface area contributed by atoms with Gasteiger partial charge in [0.25, 0.3) is 5.91 Å². The van der Waals surface area contributed by atoms with Crippen molar-refractivity contribution in [2.45, 2.75) is 10.1 Å². The Kier molecular flexibility index (Phi) is 7.54. The van der Waals surface area contributed by atoms with Crippen molar-refractivity contribution in [3.05, 3.63) is 137 Å². The molecule has 0 aliphatic rings. The van der Waals surface area contributed by atoms with Gasteiger partial charge in [-0.15, -0.1) is 11.8 Å². The number of nitrogens with one attached hydrogen (secondary N) is 2. The summed E-state index contributed by atoms with van der Waals surface area (Å²) < 4.78 is 0. The average Bonchev–Trinajstić information content (AvgIpc) is 2.93. The van der Waals surface area contributed by atoms with Crippen molar-refractivity contribution in [3.8, 4) is 0 Å². The van der Waals surface area contributed by atoms with Crippen LogP contribution in [-0.4, -0.2) is 11.8 Å². The van der Waals surface area contributed by atoms with Gasteiger partial charge >= 0.3 is 0 Å². The van der Waals surface area contributed by atoms with Crippen molar-refractivity contribution < 1.29 is 9.59 Å². The Morgan fingerprint density at radius 1 is 0.676 bits per heavy atom. The second-order valence-corrected chi connectivity index (χ2v) is 10.0. The Bertz CT molecular complexity index is 1570. The largest absolute Gasteiger partial charge is 0.323 e. The molecule has 5 aromatic rings. The number of amides is 2. The molecular weight excluding hydrogens is 500 g/mol. The van der Waals surface area contributed by atoms with Crippen LogP contribution in [0.1, 0.15) is 21.2 Å². The summed E-state index contributed by atoms with van der Waals surface area (Å²) in [6.07, 6.45) is 0. The third-order valence-corrected chi connectivity index (χ3v) is 7.41. The molecule has 0 aliphatic carbocycles. The van der Waals surface area contributed by atoms with Crippen LogP contribution in [0.25, 0.3) is 10.8 Å². The zero-order chi connectivity index (χ0) is 25.6. The quantitative estimate of drug-likeness (QED) is 0.212. The molecule has 4 nitrogen and oxygen atoms in total. The van der Waals surface area contributed by atoms with Gasteiger partial charge < -0.3 is 10.6 Å². The van der Waals surface area contributed by atoms with E-state index in [1.54, 1.807) is 12.1 Å². The Hall–Kier alpha value is -4.06. The maximum atomic E-state index is 13.4. The molecule has 0 heterocycles. The number of carbonyl (C=O) groups excluding carboxylic acids is 2. The maximum absolute atomic E-state index is 13.4. The van der Waals surface area contributed by atoms with Gasteiger partial charge in [0, 0.05) is 16.1 Å². The van der Waals surface area contributed by atoms with Gasteiger partial charge in [0.15, 0.2) is 0 Å². The lowest BCUT2D eigenvalue weighted by Crippen LogP contribution is -2.19. The van der Waals surface area contributed by atoms with Gasteiger partial charge in [-0.2, -0.15) is 0 Å². The zero-order valence-electron chi connectivity index (χ0n) is 19.7. The number of benzene rings is 5. The molecule has 0 aliphatic heterocycles. The number of para-hydroxylation sites is 1. The highest BCUT2D eigenvalue weighted by molar-refractivity contribution is 8.00. The average molecular weight is 523 g/mol.